The number of hydrogen-bond acceptors (Lipinski definition) is 5. The zero-order valence-electron chi connectivity index (χ0n) is 15.9. The molecular formula is C20H17Cl2N3O4S. The third-order valence-electron chi connectivity index (χ3n) is 4.19. The largest absolute Gasteiger partial charge is 0.337 e. The molecule has 0 spiro atoms. The monoisotopic (exact) mass is 465 g/mol. The van der Waals surface area contributed by atoms with Crippen LogP contribution < -0.4 is 10.0 Å². The molecule has 1 heterocycles. The van der Waals surface area contributed by atoms with Crippen molar-refractivity contribution in [3.8, 4) is 0 Å². The highest BCUT2D eigenvalue weighted by Gasteiger charge is 2.19. The molecule has 7 nitrogen and oxygen atoms in total. The lowest BCUT2D eigenvalue weighted by molar-refractivity contribution is -0.111. The molecule has 30 heavy (non-hydrogen) atoms. The summed E-state index contributed by atoms with van der Waals surface area (Å²) in [4.78, 5) is 12.1. The number of halogens is 2. The lowest BCUT2D eigenvalue weighted by Crippen LogP contribution is -2.13. The lowest BCUT2D eigenvalue weighted by Gasteiger charge is -2.07. The minimum absolute atomic E-state index is 0.0142. The molecule has 2 N–H and O–H groups in total. The Morgan fingerprint density at radius 1 is 1.07 bits per heavy atom. The van der Waals surface area contributed by atoms with Crippen LogP contribution in [0.4, 0.5) is 11.6 Å². The Kier molecular flexibility index (Phi) is 6.50. The van der Waals surface area contributed by atoms with E-state index in [1.54, 1.807) is 38.1 Å². The van der Waals surface area contributed by atoms with Gasteiger partial charge in [0, 0.05) is 17.3 Å². The molecule has 0 radical (unpaired) electrons. The number of aryl methyl sites for hydroxylation is 1. The molecule has 0 aliphatic heterocycles. The first-order chi connectivity index (χ1) is 14.2. The van der Waals surface area contributed by atoms with Crippen molar-refractivity contribution in [3.63, 3.8) is 0 Å². The maximum Gasteiger partial charge on any atom is 0.264 e. The number of nitrogens with one attached hydrogen (secondary N) is 2. The zero-order valence-corrected chi connectivity index (χ0v) is 18.3. The lowest BCUT2D eigenvalue weighted by atomic mass is 10.2. The van der Waals surface area contributed by atoms with E-state index < -0.39 is 10.0 Å². The molecule has 0 saturated carbocycles. The van der Waals surface area contributed by atoms with Crippen LogP contribution in [0.3, 0.4) is 0 Å². The van der Waals surface area contributed by atoms with Gasteiger partial charge in [-0.2, -0.15) is 0 Å². The molecule has 1 aromatic heterocycles. The van der Waals surface area contributed by atoms with Crippen LogP contribution in [-0.2, 0) is 14.8 Å². The van der Waals surface area contributed by atoms with E-state index in [-0.39, 0.29) is 16.7 Å². The Morgan fingerprint density at radius 3 is 2.37 bits per heavy atom. The summed E-state index contributed by atoms with van der Waals surface area (Å²) in [6.07, 6.45) is 2.92. The average Bonchev–Trinajstić information content (AvgIpc) is 3.01. The van der Waals surface area contributed by atoms with Crippen LogP contribution in [0, 0.1) is 13.8 Å². The molecule has 3 aromatic rings. The first-order valence-electron chi connectivity index (χ1n) is 8.65. The van der Waals surface area contributed by atoms with Crippen molar-refractivity contribution >= 4 is 56.8 Å². The van der Waals surface area contributed by atoms with E-state index in [9.17, 15) is 13.2 Å². The number of anilines is 2. The third-order valence-corrected chi connectivity index (χ3v) is 6.27. The Labute approximate surface area is 183 Å². The number of benzene rings is 2. The van der Waals surface area contributed by atoms with Gasteiger partial charge in [0.25, 0.3) is 10.0 Å². The maximum atomic E-state index is 12.5. The summed E-state index contributed by atoms with van der Waals surface area (Å²) in [6, 6.07) is 10.7. The van der Waals surface area contributed by atoms with E-state index >= 15 is 0 Å². The molecular weight excluding hydrogens is 449 g/mol. The molecule has 0 aliphatic rings. The predicted molar refractivity (Wildman–Crippen MR) is 117 cm³/mol. The van der Waals surface area contributed by atoms with Crippen molar-refractivity contribution in [2.45, 2.75) is 18.7 Å². The molecule has 0 bridgehead atoms. The molecule has 0 fully saturated rings. The predicted octanol–water partition coefficient (Wildman–Crippen LogP) is 5.05. The SMILES string of the molecule is Cc1noc(NS(=O)(=O)c2ccc(NC(=O)C=Cc3ccc(Cl)c(Cl)c3)cc2)c1C. The van der Waals surface area contributed by atoms with E-state index in [1.165, 1.54) is 30.3 Å². The summed E-state index contributed by atoms with van der Waals surface area (Å²) in [7, 11) is -3.86. The van der Waals surface area contributed by atoms with Crippen LogP contribution in [0.15, 0.2) is 58.0 Å². The topological polar surface area (TPSA) is 101 Å². The minimum atomic E-state index is -3.86. The van der Waals surface area contributed by atoms with Gasteiger partial charge < -0.3 is 9.84 Å². The molecule has 0 unspecified atom stereocenters. The Morgan fingerprint density at radius 2 is 1.77 bits per heavy atom. The number of carbonyl (C=O) groups excluding carboxylic acids is 1. The van der Waals surface area contributed by atoms with Crippen molar-refractivity contribution in [3.05, 3.63) is 75.4 Å². The van der Waals surface area contributed by atoms with Crippen LogP contribution >= 0.6 is 23.2 Å². The Hall–Kier alpha value is -2.81. The van der Waals surface area contributed by atoms with Crippen LogP contribution in [0.25, 0.3) is 6.08 Å². The van der Waals surface area contributed by atoms with Crippen molar-refractivity contribution in [2.75, 3.05) is 10.0 Å². The first kappa shape index (κ1) is 21.9. The van der Waals surface area contributed by atoms with Gasteiger partial charge in [0.05, 0.1) is 20.6 Å². The third kappa shape index (κ3) is 5.21. The number of nitrogens with zero attached hydrogens (tertiary/aromatic N) is 1. The molecule has 1 amide bonds. The van der Waals surface area contributed by atoms with Crippen LogP contribution in [0.2, 0.25) is 10.0 Å². The summed E-state index contributed by atoms with van der Waals surface area (Å²) in [6.45, 7) is 3.41. The number of aromatic nitrogens is 1. The number of rotatable bonds is 6. The fourth-order valence-electron chi connectivity index (χ4n) is 2.38. The molecule has 3 rings (SSSR count). The highest BCUT2D eigenvalue weighted by molar-refractivity contribution is 7.92. The van der Waals surface area contributed by atoms with Gasteiger partial charge in [-0.05, 0) is 61.9 Å². The number of amides is 1. The molecule has 0 aliphatic carbocycles. The normalized spacial score (nSPS) is 11.6. The van der Waals surface area contributed by atoms with E-state index in [0.29, 0.717) is 32.6 Å². The zero-order chi connectivity index (χ0) is 21.9. The molecule has 10 heteroatoms. The minimum Gasteiger partial charge on any atom is -0.337 e. The van der Waals surface area contributed by atoms with Gasteiger partial charge in [0.2, 0.25) is 11.8 Å². The van der Waals surface area contributed by atoms with Crippen LogP contribution in [0.5, 0.6) is 0 Å². The van der Waals surface area contributed by atoms with Crippen LogP contribution in [-0.4, -0.2) is 19.5 Å². The van der Waals surface area contributed by atoms with Gasteiger partial charge in [-0.3, -0.25) is 4.79 Å². The molecule has 2 aromatic carbocycles. The quantitative estimate of drug-likeness (QED) is 0.495. The molecule has 0 saturated heterocycles. The maximum absolute atomic E-state index is 12.5. The second kappa shape index (κ2) is 8.91. The fourth-order valence-corrected chi connectivity index (χ4v) is 3.73. The fraction of sp³-hybridized carbons (Fsp3) is 0.100. The summed E-state index contributed by atoms with van der Waals surface area (Å²) in [5.74, 6) is -0.320. The Balaban J connectivity index is 1.66. The van der Waals surface area contributed by atoms with E-state index in [0.717, 1.165) is 0 Å². The van der Waals surface area contributed by atoms with Crippen LogP contribution in [0.1, 0.15) is 16.8 Å². The summed E-state index contributed by atoms with van der Waals surface area (Å²) in [5.41, 5.74) is 2.35. The summed E-state index contributed by atoms with van der Waals surface area (Å²) >= 11 is 11.8. The number of carbonyl (C=O) groups is 1. The highest BCUT2D eigenvalue weighted by Crippen LogP contribution is 2.24. The highest BCUT2D eigenvalue weighted by atomic mass is 35.5. The Bertz CT molecular complexity index is 1220. The molecule has 0 atom stereocenters. The van der Waals surface area contributed by atoms with E-state index in [1.807, 2.05) is 0 Å². The van der Waals surface area contributed by atoms with Gasteiger partial charge in [-0.25, -0.2) is 13.1 Å². The van der Waals surface area contributed by atoms with E-state index in [4.69, 9.17) is 27.7 Å². The smallest absolute Gasteiger partial charge is 0.264 e. The number of sulfonamides is 1. The van der Waals surface area contributed by atoms with Crippen molar-refractivity contribution in [1.29, 1.82) is 0 Å². The van der Waals surface area contributed by atoms with Crippen molar-refractivity contribution < 1.29 is 17.7 Å². The standard InChI is InChI=1S/C20H17Cl2N3O4S/c1-12-13(2)24-29-20(12)25-30(27,28)16-7-5-15(6-8-16)23-19(26)10-4-14-3-9-17(21)18(22)11-14/h3-11,25H,1-2H3,(H,23,26). The summed E-state index contributed by atoms with van der Waals surface area (Å²) in [5, 5.41) is 7.19. The van der Waals surface area contributed by atoms with Gasteiger partial charge in [-0.15, -0.1) is 0 Å². The number of hydrogen-bond donors (Lipinski definition) is 2. The first-order valence-corrected chi connectivity index (χ1v) is 10.9. The van der Waals surface area contributed by atoms with E-state index in [2.05, 4.69) is 15.2 Å². The van der Waals surface area contributed by atoms with Crippen molar-refractivity contribution in [1.82, 2.24) is 5.16 Å². The van der Waals surface area contributed by atoms with Gasteiger partial charge in [0.15, 0.2) is 0 Å². The second-order valence-electron chi connectivity index (χ2n) is 6.35. The van der Waals surface area contributed by atoms with Gasteiger partial charge in [0.1, 0.15) is 0 Å². The van der Waals surface area contributed by atoms with Gasteiger partial charge >= 0.3 is 0 Å². The molecule has 156 valence electrons. The van der Waals surface area contributed by atoms with Gasteiger partial charge in [-0.1, -0.05) is 34.4 Å². The second-order valence-corrected chi connectivity index (χ2v) is 8.84. The summed E-state index contributed by atoms with van der Waals surface area (Å²) < 4.78 is 32.3. The van der Waals surface area contributed by atoms with Crippen molar-refractivity contribution in [2.24, 2.45) is 0 Å². The average molecular weight is 466 g/mol.